The van der Waals surface area contributed by atoms with Crippen LogP contribution in [-0.4, -0.2) is 42.7 Å². The van der Waals surface area contributed by atoms with Gasteiger partial charge in [-0.05, 0) is 28.1 Å². The third-order valence-corrected chi connectivity index (χ3v) is 4.61. The first kappa shape index (κ1) is 14.4. The molecular weight excluding hydrogens is 332 g/mol. The van der Waals surface area contributed by atoms with Gasteiger partial charge in [0.05, 0.1) is 5.69 Å². The van der Waals surface area contributed by atoms with Crippen LogP contribution in [0.2, 0.25) is 0 Å². The molecule has 2 aromatic heterocycles. The molecule has 0 spiro atoms. The number of rotatable bonds is 5. The number of fused-ring (bicyclic) bond motifs is 1. The van der Waals surface area contributed by atoms with E-state index in [0.717, 1.165) is 20.1 Å². The van der Waals surface area contributed by atoms with Gasteiger partial charge >= 0.3 is 0 Å². The van der Waals surface area contributed by atoms with Gasteiger partial charge in [0.25, 0.3) is 10.2 Å². The van der Waals surface area contributed by atoms with Gasteiger partial charge in [0.15, 0.2) is 0 Å². The Hall–Kier alpha value is -0.960. The molecule has 0 aromatic carbocycles. The summed E-state index contributed by atoms with van der Waals surface area (Å²) in [5, 5.41) is 0. The summed E-state index contributed by atoms with van der Waals surface area (Å²) in [7, 11) is -0.382. The summed E-state index contributed by atoms with van der Waals surface area (Å²) < 4.78 is 29.6. The van der Waals surface area contributed by atoms with E-state index in [-0.39, 0.29) is 0 Å². The van der Waals surface area contributed by atoms with Gasteiger partial charge in [0.2, 0.25) is 0 Å². The van der Waals surface area contributed by atoms with Gasteiger partial charge in [-0.15, -0.1) is 0 Å². The van der Waals surface area contributed by atoms with E-state index in [0.29, 0.717) is 13.0 Å². The zero-order valence-electron chi connectivity index (χ0n) is 10.7. The van der Waals surface area contributed by atoms with Crippen molar-refractivity contribution in [2.75, 3.05) is 20.6 Å². The molecule has 0 aliphatic rings. The van der Waals surface area contributed by atoms with Crippen LogP contribution in [0.3, 0.4) is 0 Å². The number of hydrogen-bond acceptors (Lipinski definition) is 3. The van der Waals surface area contributed by atoms with Crippen molar-refractivity contribution in [3.8, 4) is 0 Å². The van der Waals surface area contributed by atoms with E-state index in [1.54, 1.807) is 0 Å². The molecule has 8 heteroatoms. The lowest BCUT2D eigenvalue weighted by molar-refractivity contribution is 0.505. The van der Waals surface area contributed by atoms with Crippen molar-refractivity contribution >= 4 is 31.8 Å². The molecule has 104 valence electrons. The number of imidazole rings is 1. The van der Waals surface area contributed by atoms with Crippen LogP contribution in [0, 0.1) is 0 Å². The van der Waals surface area contributed by atoms with Gasteiger partial charge in [-0.3, -0.25) is 0 Å². The summed E-state index contributed by atoms with van der Waals surface area (Å²) >= 11 is 3.39. The number of nitrogens with zero attached hydrogens (tertiary/aromatic N) is 3. The summed E-state index contributed by atoms with van der Waals surface area (Å²) in [6.45, 7) is 0.325. The van der Waals surface area contributed by atoms with Gasteiger partial charge in [0, 0.05) is 43.9 Å². The van der Waals surface area contributed by atoms with Crippen LogP contribution in [0.4, 0.5) is 0 Å². The van der Waals surface area contributed by atoms with Crippen LogP contribution >= 0.6 is 15.9 Å². The molecule has 2 aromatic rings. The minimum absolute atomic E-state index is 0.325. The van der Waals surface area contributed by atoms with E-state index in [1.165, 1.54) is 14.1 Å². The molecule has 2 rings (SSSR count). The van der Waals surface area contributed by atoms with E-state index in [1.807, 2.05) is 28.9 Å². The Labute approximate surface area is 120 Å². The molecule has 0 saturated carbocycles. The lowest BCUT2D eigenvalue weighted by atomic mass is 10.3. The molecule has 0 saturated heterocycles. The molecule has 0 aliphatic carbocycles. The molecule has 0 atom stereocenters. The first-order valence-corrected chi connectivity index (χ1v) is 7.92. The zero-order valence-corrected chi connectivity index (χ0v) is 13.1. The molecule has 0 aliphatic heterocycles. The predicted molar refractivity (Wildman–Crippen MR) is 77.2 cm³/mol. The molecule has 0 fully saturated rings. The topological polar surface area (TPSA) is 66.7 Å². The van der Waals surface area contributed by atoms with E-state index in [9.17, 15) is 8.42 Å². The Morgan fingerprint density at radius 2 is 2.11 bits per heavy atom. The van der Waals surface area contributed by atoms with Crippen molar-refractivity contribution in [1.29, 1.82) is 0 Å². The van der Waals surface area contributed by atoms with E-state index >= 15 is 0 Å². The molecule has 0 amide bonds. The summed E-state index contributed by atoms with van der Waals surface area (Å²) in [5.74, 6) is 0. The standard InChI is InChI=1S/C11H15BrN4O2S/c1-15(2)19(17,18)13-6-5-10-8-16-7-9(12)3-4-11(16)14-10/h3-4,7-8,13H,5-6H2,1-2H3. The number of halogens is 1. The van der Waals surface area contributed by atoms with Crippen molar-refractivity contribution in [2.24, 2.45) is 0 Å². The van der Waals surface area contributed by atoms with Crippen LogP contribution < -0.4 is 4.72 Å². The molecule has 6 nitrogen and oxygen atoms in total. The smallest absolute Gasteiger partial charge is 0.278 e. The summed E-state index contributed by atoms with van der Waals surface area (Å²) in [4.78, 5) is 4.41. The Kier molecular flexibility index (Phi) is 4.24. The van der Waals surface area contributed by atoms with E-state index < -0.39 is 10.2 Å². The van der Waals surface area contributed by atoms with Crippen molar-refractivity contribution in [3.05, 3.63) is 34.7 Å². The van der Waals surface area contributed by atoms with Crippen LogP contribution in [0.25, 0.3) is 5.65 Å². The maximum atomic E-state index is 11.5. The monoisotopic (exact) mass is 346 g/mol. The van der Waals surface area contributed by atoms with Gasteiger partial charge in [0.1, 0.15) is 5.65 Å². The van der Waals surface area contributed by atoms with Crippen molar-refractivity contribution < 1.29 is 8.42 Å². The Balaban J connectivity index is 2.03. The van der Waals surface area contributed by atoms with Gasteiger partial charge in [-0.1, -0.05) is 0 Å². The second-order valence-electron chi connectivity index (χ2n) is 4.28. The van der Waals surface area contributed by atoms with Crippen LogP contribution in [-0.2, 0) is 16.6 Å². The third kappa shape index (κ3) is 3.53. The lowest BCUT2D eigenvalue weighted by Gasteiger charge is -2.11. The predicted octanol–water partition coefficient (Wildman–Crippen LogP) is 1.04. The number of pyridine rings is 1. The maximum Gasteiger partial charge on any atom is 0.278 e. The highest BCUT2D eigenvalue weighted by atomic mass is 79.9. The minimum atomic E-state index is -3.36. The fraction of sp³-hybridized carbons (Fsp3) is 0.364. The zero-order chi connectivity index (χ0) is 14.0. The molecular formula is C11H15BrN4O2S. The Bertz CT molecular complexity index is 681. The van der Waals surface area contributed by atoms with Gasteiger partial charge in [-0.2, -0.15) is 12.7 Å². The summed E-state index contributed by atoms with van der Waals surface area (Å²) in [6.07, 6.45) is 4.35. The highest BCUT2D eigenvalue weighted by Gasteiger charge is 2.12. The van der Waals surface area contributed by atoms with E-state index in [2.05, 4.69) is 25.6 Å². The quantitative estimate of drug-likeness (QED) is 0.879. The molecule has 0 radical (unpaired) electrons. The van der Waals surface area contributed by atoms with Crippen LogP contribution in [0.15, 0.2) is 29.0 Å². The van der Waals surface area contributed by atoms with Gasteiger partial charge < -0.3 is 4.40 Å². The largest absolute Gasteiger partial charge is 0.306 e. The summed E-state index contributed by atoms with van der Waals surface area (Å²) in [5.41, 5.74) is 1.69. The van der Waals surface area contributed by atoms with Crippen molar-refractivity contribution in [3.63, 3.8) is 0 Å². The first-order chi connectivity index (χ1) is 8.88. The number of hydrogen-bond donors (Lipinski definition) is 1. The fourth-order valence-corrected chi connectivity index (χ4v) is 2.55. The lowest BCUT2D eigenvalue weighted by Crippen LogP contribution is -2.36. The average molecular weight is 347 g/mol. The molecule has 19 heavy (non-hydrogen) atoms. The summed E-state index contributed by atoms with van der Waals surface area (Å²) in [6, 6.07) is 3.82. The molecule has 1 N–H and O–H groups in total. The average Bonchev–Trinajstić information content (AvgIpc) is 2.70. The third-order valence-electron chi connectivity index (χ3n) is 2.61. The molecule has 0 bridgehead atoms. The molecule has 2 heterocycles. The normalized spacial score (nSPS) is 12.4. The Morgan fingerprint density at radius 3 is 2.79 bits per heavy atom. The van der Waals surface area contributed by atoms with Crippen molar-refractivity contribution in [1.82, 2.24) is 18.4 Å². The number of nitrogens with one attached hydrogen (secondary N) is 1. The van der Waals surface area contributed by atoms with Crippen LogP contribution in [0.1, 0.15) is 5.69 Å². The second-order valence-corrected chi connectivity index (χ2v) is 7.16. The van der Waals surface area contributed by atoms with Crippen molar-refractivity contribution in [2.45, 2.75) is 6.42 Å². The highest BCUT2D eigenvalue weighted by Crippen LogP contribution is 2.12. The van der Waals surface area contributed by atoms with E-state index in [4.69, 9.17) is 0 Å². The Morgan fingerprint density at radius 1 is 1.37 bits per heavy atom. The SMILES string of the molecule is CN(C)S(=O)(=O)NCCc1cn2cc(Br)ccc2n1. The van der Waals surface area contributed by atoms with Crippen LogP contribution in [0.5, 0.6) is 0 Å². The first-order valence-electron chi connectivity index (χ1n) is 5.69. The molecule has 0 unspecified atom stereocenters. The second kappa shape index (κ2) is 5.58. The van der Waals surface area contributed by atoms with Gasteiger partial charge in [-0.25, -0.2) is 9.71 Å². The highest BCUT2D eigenvalue weighted by molar-refractivity contribution is 9.10. The maximum absolute atomic E-state index is 11.5. The fourth-order valence-electron chi connectivity index (χ4n) is 1.57. The minimum Gasteiger partial charge on any atom is -0.306 e. The number of aromatic nitrogens is 2.